The molecule has 0 amide bonds. The van der Waals surface area contributed by atoms with Gasteiger partial charge in [0.2, 0.25) is 0 Å². The highest BCUT2D eigenvalue weighted by molar-refractivity contribution is 7.88. The molecule has 0 spiro atoms. The number of nitrogens with zero attached hydrogens (tertiary/aromatic N) is 1. The second-order valence-corrected chi connectivity index (χ2v) is 5.35. The Balaban J connectivity index is 2.65. The van der Waals surface area contributed by atoms with E-state index in [1.807, 2.05) is 0 Å². The molecule has 21 heavy (non-hydrogen) atoms. The maximum absolute atomic E-state index is 12.3. The Kier molecular flexibility index (Phi) is 3.49. The first-order valence-electron chi connectivity index (χ1n) is 5.25. The molecule has 1 heterocycles. The Labute approximate surface area is 115 Å². The summed E-state index contributed by atoms with van der Waals surface area (Å²) in [7, 11) is -5.91. The van der Waals surface area contributed by atoms with Gasteiger partial charge >= 0.3 is 21.6 Å². The molecule has 6 nitrogen and oxygen atoms in total. The maximum Gasteiger partial charge on any atom is 0.534 e. The summed E-state index contributed by atoms with van der Waals surface area (Å²) >= 11 is 0. The molecule has 0 atom stereocenters. The van der Waals surface area contributed by atoms with Crippen LogP contribution in [-0.4, -0.2) is 30.0 Å². The zero-order valence-electron chi connectivity index (χ0n) is 9.96. The van der Waals surface area contributed by atoms with Crippen molar-refractivity contribution in [3.8, 4) is 5.75 Å². The normalized spacial score (nSPS) is 12.3. The van der Waals surface area contributed by atoms with Crippen molar-refractivity contribution in [2.24, 2.45) is 0 Å². The van der Waals surface area contributed by atoms with Crippen molar-refractivity contribution in [1.82, 2.24) is 4.98 Å². The van der Waals surface area contributed by atoms with E-state index in [2.05, 4.69) is 9.17 Å². The van der Waals surface area contributed by atoms with Crippen molar-refractivity contribution in [2.45, 2.75) is 5.51 Å². The van der Waals surface area contributed by atoms with Gasteiger partial charge in [0, 0.05) is 11.5 Å². The highest BCUT2D eigenvalue weighted by Gasteiger charge is 2.48. The zero-order valence-corrected chi connectivity index (χ0v) is 10.8. The summed E-state index contributed by atoms with van der Waals surface area (Å²) in [5.41, 5.74) is -6.27. The van der Waals surface area contributed by atoms with Gasteiger partial charge < -0.3 is 9.29 Å². The number of alkyl halides is 3. The van der Waals surface area contributed by atoms with Crippen LogP contribution in [0.25, 0.3) is 10.9 Å². The van der Waals surface area contributed by atoms with Crippen LogP contribution in [0.3, 0.4) is 0 Å². The molecule has 2 rings (SSSR count). The molecular formula is C11H6F3NO5S. The molecule has 0 unspecified atom stereocenters. The quantitative estimate of drug-likeness (QED) is 0.688. The van der Waals surface area contributed by atoms with Gasteiger partial charge in [0.05, 0.1) is 5.52 Å². The molecule has 0 saturated carbocycles. The average molecular weight is 321 g/mol. The molecule has 2 aromatic rings. The molecule has 10 heteroatoms. The minimum atomic E-state index is -5.91. The van der Waals surface area contributed by atoms with Crippen LogP contribution >= 0.6 is 0 Å². The smallest absolute Gasteiger partial charge is 0.477 e. The summed E-state index contributed by atoms with van der Waals surface area (Å²) in [6.07, 6.45) is 0. The van der Waals surface area contributed by atoms with Gasteiger partial charge in [-0.15, -0.1) is 0 Å². The number of carboxylic acids is 1. The summed E-state index contributed by atoms with van der Waals surface area (Å²) in [6.45, 7) is 0. The standard InChI is InChI=1S/C11H6F3NO5S/c12-11(13,14)21(18,19)20-9-5-8(10(16)17)15-7-4-2-1-3-6(7)9/h1-5H,(H,16,17). The fraction of sp³-hybridized carbons (Fsp3) is 0.0909. The number of para-hydroxylation sites is 1. The lowest BCUT2D eigenvalue weighted by molar-refractivity contribution is -0.0499. The summed E-state index contributed by atoms with van der Waals surface area (Å²) in [5, 5.41) is 8.78. The summed E-state index contributed by atoms with van der Waals surface area (Å²) < 4.78 is 63.1. The van der Waals surface area contributed by atoms with Gasteiger partial charge in [0.15, 0.2) is 11.4 Å². The van der Waals surface area contributed by atoms with Crippen LogP contribution in [0.4, 0.5) is 13.2 Å². The number of aromatic carboxylic acids is 1. The second-order valence-electron chi connectivity index (χ2n) is 3.81. The first kappa shape index (κ1) is 15.0. The number of carbonyl (C=O) groups is 1. The highest BCUT2D eigenvalue weighted by atomic mass is 32.2. The largest absolute Gasteiger partial charge is 0.534 e. The van der Waals surface area contributed by atoms with Crippen LogP contribution in [0.1, 0.15) is 10.5 Å². The van der Waals surface area contributed by atoms with E-state index in [-0.39, 0.29) is 10.9 Å². The third-order valence-electron chi connectivity index (χ3n) is 2.38. The first-order valence-corrected chi connectivity index (χ1v) is 6.66. The van der Waals surface area contributed by atoms with Gasteiger partial charge in [-0.3, -0.25) is 0 Å². The number of fused-ring (bicyclic) bond motifs is 1. The Bertz CT molecular complexity index is 816. The number of pyridine rings is 1. The van der Waals surface area contributed by atoms with E-state index in [1.165, 1.54) is 24.3 Å². The molecule has 1 aromatic carbocycles. The van der Waals surface area contributed by atoms with Crippen LogP contribution in [0, 0.1) is 0 Å². The maximum atomic E-state index is 12.3. The van der Waals surface area contributed by atoms with Gasteiger partial charge in [-0.1, -0.05) is 12.1 Å². The Morgan fingerprint density at radius 1 is 1.24 bits per heavy atom. The molecular weight excluding hydrogens is 315 g/mol. The molecule has 0 aliphatic heterocycles. The van der Waals surface area contributed by atoms with E-state index in [0.717, 1.165) is 0 Å². The van der Waals surface area contributed by atoms with Crippen LogP contribution in [0.2, 0.25) is 0 Å². The summed E-state index contributed by atoms with van der Waals surface area (Å²) in [5.74, 6) is -2.29. The zero-order chi connectivity index (χ0) is 15.8. The van der Waals surface area contributed by atoms with Crippen molar-refractivity contribution in [3.05, 3.63) is 36.0 Å². The summed E-state index contributed by atoms with van der Waals surface area (Å²) in [6, 6.07) is 6.07. The third-order valence-corrected chi connectivity index (χ3v) is 3.35. The predicted molar refractivity (Wildman–Crippen MR) is 64.3 cm³/mol. The van der Waals surface area contributed by atoms with Crippen molar-refractivity contribution in [3.63, 3.8) is 0 Å². The monoisotopic (exact) mass is 321 g/mol. The molecule has 0 saturated heterocycles. The van der Waals surface area contributed by atoms with Gasteiger partial charge in [-0.05, 0) is 12.1 Å². The molecule has 0 bridgehead atoms. The SMILES string of the molecule is O=C(O)c1cc(OS(=O)(=O)C(F)(F)F)c2ccccc2n1. The van der Waals surface area contributed by atoms with Crippen molar-refractivity contribution in [2.75, 3.05) is 0 Å². The number of halogens is 3. The van der Waals surface area contributed by atoms with E-state index in [9.17, 15) is 26.4 Å². The average Bonchev–Trinajstić information content (AvgIpc) is 2.36. The van der Waals surface area contributed by atoms with E-state index in [4.69, 9.17) is 5.11 Å². The Hall–Kier alpha value is -2.36. The third kappa shape index (κ3) is 2.89. The number of carboxylic acid groups (broad SMARTS) is 1. The number of benzene rings is 1. The van der Waals surface area contributed by atoms with Crippen LogP contribution in [0.15, 0.2) is 30.3 Å². The fourth-order valence-corrected chi connectivity index (χ4v) is 1.96. The van der Waals surface area contributed by atoms with Crippen LogP contribution < -0.4 is 4.18 Å². The van der Waals surface area contributed by atoms with Gasteiger partial charge in [0.1, 0.15) is 0 Å². The van der Waals surface area contributed by atoms with E-state index in [1.54, 1.807) is 0 Å². The van der Waals surface area contributed by atoms with Gasteiger partial charge in [-0.2, -0.15) is 21.6 Å². The minimum absolute atomic E-state index is 0.00947. The topological polar surface area (TPSA) is 93.6 Å². The number of hydrogen-bond donors (Lipinski definition) is 1. The van der Waals surface area contributed by atoms with Gasteiger partial charge in [-0.25, -0.2) is 9.78 Å². The lowest BCUT2D eigenvalue weighted by atomic mass is 10.2. The first-order chi connectivity index (χ1) is 9.62. The molecule has 0 aliphatic rings. The molecule has 0 fully saturated rings. The minimum Gasteiger partial charge on any atom is -0.477 e. The van der Waals surface area contributed by atoms with E-state index in [0.29, 0.717) is 6.07 Å². The van der Waals surface area contributed by atoms with Crippen molar-refractivity contribution in [1.29, 1.82) is 0 Å². The lowest BCUT2D eigenvalue weighted by Crippen LogP contribution is -2.28. The molecule has 112 valence electrons. The van der Waals surface area contributed by atoms with Gasteiger partial charge in [0.25, 0.3) is 0 Å². The van der Waals surface area contributed by atoms with Crippen molar-refractivity contribution < 1.29 is 35.7 Å². The predicted octanol–water partition coefficient (Wildman–Crippen LogP) is 2.16. The summed E-state index contributed by atoms with van der Waals surface area (Å²) in [4.78, 5) is 14.5. The Morgan fingerprint density at radius 3 is 2.43 bits per heavy atom. The highest BCUT2D eigenvalue weighted by Crippen LogP contribution is 2.31. The number of aromatic nitrogens is 1. The number of rotatable bonds is 3. The molecule has 0 radical (unpaired) electrons. The fourth-order valence-electron chi connectivity index (χ4n) is 1.49. The van der Waals surface area contributed by atoms with E-state index < -0.39 is 33.0 Å². The molecule has 1 aromatic heterocycles. The molecule has 1 N–H and O–H groups in total. The molecule has 0 aliphatic carbocycles. The Morgan fingerprint density at radius 2 is 1.86 bits per heavy atom. The van der Waals surface area contributed by atoms with Crippen LogP contribution in [-0.2, 0) is 10.1 Å². The lowest BCUT2D eigenvalue weighted by Gasteiger charge is -2.11. The van der Waals surface area contributed by atoms with Crippen LogP contribution in [0.5, 0.6) is 5.75 Å². The number of hydrogen-bond acceptors (Lipinski definition) is 5. The van der Waals surface area contributed by atoms with Crippen molar-refractivity contribution >= 4 is 27.0 Å². The van der Waals surface area contributed by atoms with E-state index >= 15 is 0 Å². The second kappa shape index (κ2) is 4.88.